The zero-order valence-corrected chi connectivity index (χ0v) is 23.8. The van der Waals surface area contributed by atoms with Gasteiger partial charge < -0.3 is 19.3 Å². The number of nitrogens with zero attached hydrogens (tertiary/aromatic N) is 5. The number of carbonyl (C=O) groups is 2. The highest BCUT2D eigenvalue weighted by Crippen LogP contribution is 2.31. The normalized spacial score (nSPS) is 15.1. The highest BCUT2D eigenvalue weighted by atomic mass is 32.2. The van der Waals surface area contributed by atoms with Gasteiger partial charge in [0.05, 0.1) is 20.0 Å². The minimum Gasteiger partial charge on any atom is -0.497 e. The van der Waals surface area contributed by atoms with Crippen LogP contribution in [0.15, 0.2) is 78.0 Å². The van der Waals surface area contributed by atoms with Crippen LogP contribution >= 0.6 is 11.8 Å². The second-order valence-electron chi connectivity index (χ2n) is 9.55. The third kappa shape index (κ3) is 6.19. The monoisotopic (exact) mass is 575 g/mol. The van der Waals surface area contributed by atoms with E-state index in [-0.39, 0.29) is 29.4 Å². The van der Waals surface area contributed by atoms with Crippen molar-refractivity contribution in [1.82, 2.24) is 24.6 Å². The largest absolute Gasteiger partial charge is 0.497 e. The van der Waals surface area contributed by atoms with Crippen molar-refractivity contribution in [3.63, 3.8) is 0 Å². The zero-order valence-electron chi connectivity index (χ0n) is 23.0. The Hall–Kier alpha value is -4.38. The Morgan fingerprint density at radius 2 is 1.68 bits per heavy atom. The maximum absolute atomic E-state index is 13.3. The number of ether oxygens (including phenoxy) is 2. The van der Waals surface area contributed by atoms with Crippen LogP contribution in [-0.4, -0.2) is 82.0 Å². The van der Waals surface area contributed by atoms with E-state index in [9.17, 15) is 14.0 Å². The molecule has 9 nitrogen and oxygen atoms in total. The third-order valence-corrected chi connectivity index (χ3v) is 7.86. The van der Waals surface area contributed by atoms with Gasteiger partial charge in [-0.2, -0.15) is 0 Å². The summed E-state index contributed by atoms with van der Waals surface area (Å²) < 4.78 is 25.9. The van der Waals surface area contributed by atoms with Gasteiger partial charge in [-0.15, -0.1) is 10.2 Å². The molecule has 1 aliphatic heterocycles. The van der Waals surface area contributed by atoms with E-state index in [0.717, 1.165) is 17.0 Å². The van der Waals surface area contributed by atoms with E-state index in [0.29, 0.717) is 41.9 Å². The Morgan fingerprint density at radius 1 is 0.951 bits per heavy atom. The van der Waals surface area contributed by atoms with Gasteiger partial charge in [0.25, 0.3) is 5.91 Å². The van der Waals surface area contributed by atoms with Crippen LogP contribution in [0, 0.1) is 5.82 Å². The number of hydrogen-bond donors (Lipinski definition) is 0. The number of rotatable bonds is 8. The van der Waals surface area contributed by atoms with E-state index in [4.69, 9.17) is 9.47 Å². The van der Waals surface area contributed by atoms with Gasteiger partial charge in [-0.3, -0.25) is 14.2 Å². The molecule has 0 aliphatic carbocycles. The summed E-state index contributed by atoms with van der Waals surface area (Å²) in [5.41, 5.74) is 2.07. The highest BCUT2D eigenvalue weighted by Gasteiger charge is 2.30. The number of hydrogen-bond acceptors (Lipinski definition) is 7. The molecular weight excluding hydrogens is 545 g/mol. The molecule has 41 heavy (non-hydrogen) atoms. The first-order valence-electron chi connectivity index (χ1n) is 13.1. The fraction of sp³-hybridized carbons (Fsp3) is 0.267. The molecule has 1 unspecified atom stereocenters. The Kier molecular flexibility index (Phi) is 8.53. The van der Waals surface area contributed by atoms with Crippen LogP contribution in [-0.2, 0) is 4.79 Å². The molecule has 1 atom stereocenters. The molecule has 1 saturated heterocycles. The summed E-state index contributed by atoms with van der Waals surface area (Å²) in [4.78, 5) is 29.7. The van der Waals surface area contributed by atoms with Gasteiger partial charge in [0.15, 0.2) is 11.0 Å². The number of benzene rings is 3. The summed E-state index contributed by atoms with van der Waals surface area (Å²) >= 11 is 1.31. The molecule has 2 heterocycles. The summed E-state index contributed by atoms with van der Waals surface area (Å²) in [5.74, 6) is 1.58. The van der Waals surface area contributed by atoms with Gasteiger partial charge in [0.2, 0.25) is 5.91 Å². The number of amides is 2. The molecule has 2 amide bonds. The molecule has 0 saturated carbocycles. The molecule has 1 aromatic heterocycles. The van der Waals surface area contributed by atoms with E-state index in [2.05, 4.69) is 10.2 Å². The molecular formula is C30H30FN5O4S. The number of carbonyl (C=O) groups excluding carboxylic acids is 2. The second-order valence-corrected chi connectivity index (χ2v) is 10.5. The predicted molar refractivity (Wildman–Crippen MR) is 154 cm³/mol. The van der Waals surface area contributed by atoms with Crippen LogP contribution in [0.25, 0.3) is 17.1 Å². The molecule has 0 radical (unpaired) electrons. The van der Waals surface area contributed by atoms with Crippen molar-refractivity contribution in [2.24, 2.45) is 0 Å². The summed E-state index contributed by atoms with van der Waals surface area (Å²) in [6.45, 7) is 3.13. The van der Waals surface area contributed by atoms with Crippen molar-refractivity contribution >= 4 is 23.6 Å². The fourth-order valence-corrected chi connectivity index (χ4v) is 5.59. The van der Waals surface area contributed by atoms with Crippen LogP contribution in [0.2, 0.25) is 0 Å². The molecule has 0 spiro atoms. The van der Waals surface area contributed by atoms with Crippen LogP contribution in [0.4, 0.5) is 4.39 Å². The lowest BCUT2D eigenvalue weighted by Gasteiger charge is -2.40. The van der Waals surface area contributed by atoms with E-state index < -0.39 is 0 Å². The average molecular weight is 576 g/mol. The van der Waals surface area contributed by atoms with E-state index in [1.807, 2.05) is 60.0 Å². The number of piperazine rings is 1. The first-order chi connectivity index (χ1) is 19.9. The molecule has 11 heteroatoms. The van der Waals surface area contributed by atoms with E-state index >= 15 is 0 Å². The smallest absolute Gasteiger partial charge is 0.254 e. The van der Waals surface area contributed by atoms with Gasteiger partial charge in [-0.25, -0.2) is 4.39 Å². The number of halogens is 1. The maximum atomic E-state index is 13.3. The Morgan fingerprint density at radius 3 is 2.37 bits per heavy atom. The Bertz CT molecular complexity index is 1530. The predicted octanol–water partition coefficient (Wildman–Crippen LogP) is 4.56. The first kappa shape index (κ1) is 28.2. The Balaban J connectivity index is 1.31. The lowest BCUT2D eigenvalue weighted by atomic mass is 10.1. The first-order valence-corrected chi connectivity index (χ1v) is 14.1. The zero-order chi connectivity index (χ0) is 28.9. The molecule has 0 bridgehead atoms. The fourth-order valence-electron chi connectivity index (χ4n) is 4.74. The Labute approximate surface area is 241 Å². The number of aromatic nitrogens is 3. The van der Waals surface area contributed by atoms with Gasteiger partial charge in [0.1, 0.15) is 17.3 Å². The average Bonchev–Trinajstić information content (AvgIpc) is 3.44. The van der Waals surface area contributed by atoms with Crippen molar-refractivity contribution in [3.8, 4) is 28.6 Å². The van der Waals surface area contributed by atoms with E-state index in [1.165, 1.54) is 36.0 Å². The SMILES string of the molecule is COc1ccc(-n2c(SCC(=O)N3CCN(C(=O)c4ccc(F)cc4)C(C)C3)nnc2-c2cccc(OC)c2)cc1. The lowest BCUT2D eigenvalue weighted by Crippen LogP contribution is -2.55. The van der Waals surface area contributed by atoms with Crippen molar-refractivity contribution < 1.29 is 23.5 Å². The molecule has 212 valence electrons. The molecule has 3 aromatic carbocycles. The molecule has 5 rings (SSSR count). The van der Waals surface area contributed by atoms with Crippen molar-refractivity contribution in [2.75, 3.05) is 39.6 Å². The molecule has 4 aromatic rings. The summed E-state index contributed by atoms with van der Waals surface area (Å²) in [7, 11) is 3.22. The number of methoxy groups -OCH3 is 2. The lowest BCUT2D eigenvalue weighted by molar-refractivity contribution is -0.130. The maximum Gasteiger partial charge on any atom is 0.254 e. The van der Waals surface area contributed by atoms with Crippen molar-refractivity contribution in [3.05, 3.63) is 84.2 Å². The van der Waals surface area contributed by atoms with Gasteiger partial charge >= 0.3 is 0 Å². The summed E-state index contributed by atoms with van der Waals surface area (Å²) in [5, 5.41) is 9.46. The quantitative estimate of drug-likeness (QED) is 0.285. The second kappa shape index (κ2) is 12.4. The summed E-state index contributed by atoms with van der Waals surface area (Å²) in [6.07, 6.45) is 0. The minimum atomic E-state index is -0.388. The topological polar surface area (TPSA) is 89.8 Å². The third-order valence-electron chi connectivity index (χ3n) is 6.95. The molecule has 1 aliphatic rings. The van der Waals surface area contributed by atoms with Crippen LogP contribution in [0.3, 0.4) is 0 Å². The van der Waals surface area contributed by atoms with E-state index in [1.54, 1.807) is 24.0 Å². The van der Waals surface area contributed by atoms with Gasteiger partial charge in [-0.05, 0) is 67.6 Å². The number of thioether (sulfide) groups is 1. The van der Waals surface area contributed by atoms with Crippen molar-refractivity contribution in [2.45, 2.75) is 18.1 Å². The van der Waals surface area contributed by atoms with Gasteiger partial charge in [-0.1, -0.05) is 23.9 Å². The highest BCUT2D eigenvalue weighted by molar-refractivity contribution is 7.99. The standard InChI is InChI=1S/C30H30FN5O4S/c1-20-18-34(15-16-35(20)29(38)21-7-9-23(31)10-8-21)27(37)19-41-30-33-32-28(22-5-4-6-26(17-22)40-3)36(30)24-11-13-25(39-2)14-12-24/h4-14,17,20H,15-16,18-19H2,1-3H3. The molecule has 1 fully saturated rings. The van der Waals surface area contributed by atoms with Crippen LogP contribution < -0.4 is 9.47 Å². The summed E-state index contributed by atoms with van der Waals surface area (Å²) in [6, 6.07) is 20.5. The van der Waals surface area contributed by atoms with Gasteiger partial charge in [0, 0.05) is 42.5 Å². The van der Waals surface area contributed by atoms with Crippen molar-refractivity contribution in [1.29, 1.82) is 0 Å². The minimum absolute atomic E-state index is 0.0528. The van der Waals surface area contributed by atoms with Crippen LogP contribution in [0.1, 0.15) is 17.3 Å². The van der Waals surface area contributed by atoms with Crippen LogP contribution in [0.5, 0.6) is 11.5 Å². The molecule has 0 N–H and O–H groups in total.